The zero-order valence-electron chi connectivity index (χ0n) is 9.74. The summed E-state index contributed by atoms with van der Waals surface area (Å²) in [6.07, 6.45) is 0.161. The summed E-state index contributed by atoms with van der Waals surface area (Å²) in [5.74, 6) is -1.71. The monoisotopic (exact) mass is 257 g/mol. The van der Waals surface area contributed by atoms with E-state index in [1.165, 1.54) is 0 Å². The molecule has 0 aromatic rings. The fourth-order valence-corrected chi connectivity index (χ4v) is 1.79. The van der Waals surface area contributed by atoms with Gasteiger partial charge in [-0.05, 0) is 6.42 Å². The van der Waals surface area contributed by atoms with Crippen LogP contribution in [0, 0.1) is 0 Å². The van der Waals surface area contributed by atoms with Crippen molar-refractivity contribution in [1.82, 2.24) is 4.90 Å². The first-order chi connectivity index (χ1) is 8.45. The fourth-order valence-electron chi connectivity index (χ4n) is 1.79. The molecule has 0 aliphatic carbocycles. The van der Waals surface area contributed by atoms with E-state index in [0.29, 0.717) is 6.42 Å². The molecule has 2 N–H and O–H groups in total. The highest BCUT2D eigenvalue weighted by molar-refractivity contribution is 5.80. The van der Waals surface area contributed by atoms with Crippen molar-refractivity contribution in [3.63, 3.8) is 0 Å². The molecule has 2 unspecified atom stereocenters. The largest absolute Gasteiger partial charge is 0.480 e. The van der Waals surface area contributed by atoms with E-state index in [-0.39, 0.29) is 19.4 Å². The van der Waals surface area contributed by atoms with Crippen LogP contribution < -0.4 is 0 Å². The van der Waals surface area contributed by atoms with Gasteiger partial charge in [-0.25, -0.2) is 9.59 Å². The summed E-state index contributed by atoms with van der Waals surface area (Å²) in [7, 11) is 0. The average molecular weight is 257 g/mol. The summed E-state index contributed by atoms with van der Waals surface area (Å²) in [4.78, 5) is 33.8. The van der Waals surface area contributed by atoms with Gasteiger partial charge in [0.2, 0.25) is 0 Å². The number of amides is 1. The van der Waals surface area contributed by atoms with Crippen LogP contribution >= 0.6 is 0 Å². The van der Waals surface area contributed by atoms with Crippen LogP contribution in [-0.2, 0) is 14.3 Å². The van der Waals surface area contributed by atoms with Gasteiger partial charge in [0.15, 0.2) is 0 Å². The van der Waals surface area contributed by atoms with Crippen molar-refractivity contribution in [2.75, 3.05) is 6.54 Å². The molecule has 7 heteroatoms. The Balaban J connectivity index is 2.55. The molecule has 1 aliphatic heterocycles. The topological polar surface area (TPSA) is 104 Å². The molecule has 1 saturated heterocycles. The van der Waals surface area contributed by atoms with E-state index in [4.69, 9.17) is 14.9 Å². The number of hydrogen-bond acceptors (Lipinski definition) is 4. The number of carboxylic acids is 1. The van der Waals surface area contributed by atoms with Crippen molar-refractivity contribution in [2.45, 2.75) is 31.4 Å². The van der Waals surface area contributed by atoms with E-state index in [2.05, 4.69) is 6.58 Å². The van der Waals surface area contributed by atoms with Crippen molar-refractivity contribution < 1.29 is 29.3 Å². The molecule has 0 bridgehead atoms. The number of ether oxygens (including phenoxy) is 1. The molecular formula is C11H15NO6. The normalized spacial score (nSPS) is 22.6. The summed E-state index contributed by atoms with van der Waals surface area (Å²) in [5, 5.41) is 17.7. The minimum Gasteiger partial charge on any atom is -0.480 e. The van der Waals surface area contributed by atoms with E-state index in [1.807, 2.05) is 0 Å². The number of nitrogens with zero attached hydrogens (tertiary/aromatic N) is 1. The fraction of sp³-hybridized carbons (Fsp3) is 0.545. The van der Waals surface area contributed by atoms with Crippen LogP contribution in [0.5, 0.6) is 0 Å². The lowest BCUT2D eigenvalue weighted by Crippen LogP contribution is -2.39. The Kier molecular flexibility index (Phi) is 4.70. The van der Waals surface area contributed by atoms with Crippen LogP contribution in [0.2, 0.25) is 0 Å². The van der Waals surface area contributed by atoms with Gasteiger partial charge in [-0.1, -0.05) is 6.08 Å². The molecule has 7 nitrogen and oxygen atoms in total. The maximum absolute atomic E-state index is 11.3. The lowest BCUT2D eigenvalue weighted by molar-refractivity contribution is -0.149. The van der Waals surface area contributed by atoms with Gasteiger partial charge >= 0.3 is 18.0 Å². The highest BCUT2D eigenvalue weighted by Gasteiger charge is 2.41. The lowest BCUT2D eigenvalue weighted by Gasteiger charge is -2.16. The van der Waals surface area contributed by atoms with E-state index in [1.54, 1.807) is 6.08 Å². The van der Waals surface area contributed by atoms with Crippen molar-refractivity contribution in [2.24, 2.45) is 0 Å². The molecule has 100 valence electrons. The number of allylic oxidation sites excluding steroid dienone is 1. The quantitative estimate of drug-likeness (QED) is 0.555. The van der Waals surface area contributed by atoms with Crippen molar-refractivity contribution >= 4 is 18.0 Å². The van der Waals surface area contributed by atoms with Crippen LogP contribution in [0.3, 0.4) is 0 Å². The first-order valence-corrected chi connectivity index (χ1v) is 5.48. The number of carbonyl (C=O) groups is 3. The summed E-state index contributed by atoms with van der Waals surface area (Å²) < 4.78 is 5.02. The summed E-state index contributed by atoms with van der Waals surface area (Å²) in [6, 6.07) is -1.15. The maximum atomic E-state index is 11.3. The molecule has 1 amide bonds. The third-order valence-electron chi connectivity index (χ3n) is 2.64. The summed E-state index contributed by atoms with van der Waals surface area (Å²) >= 11 is 0. The minimum absolute atomic E-state index is 0.0124. The summed E-state index contributed by atoms with van der Waals surface area (Å²) in [6.45, 7) is 3.36. The smallest absolute Gasteiger partial charge is 0.408 e. The molecule has 1 heterocycles. The van der Waals surface area contributed by atoms with Gasteiger partial charge in [0.1, 0.15) is 12.1 Å². The van der Waals surface area contributed by atoms with Gasteiger partial charge in [0.05, 0.1) is 6.54 Å². The highest BCUT2D eigenvalue weighted by atomic mass is 16.5. The van der Waals surface area contributed by atoms with Gasteiger partial charge in [-0.15, -0.1) is 6.58 Å². The lowest BCUT2D eigenvalue weighted by atomic mass is 10.2. The number of rotatable bonds is 5. The molecule has 0 spiro atoms. The second-order valence-electron chi connectivity index (χ2n) is 3.96. The molecule has 0 saturated carbocycles. The zero-order valence-corrected chi connectivity index (χ0v) is 9.74. The number of aliphatic carboxylic acids is 1. The number of hydrogen-bond donors (Lipinski definition) is 2. The zero-order chi connectivity index (χ0) is 13.7. The minimum atomic E-state index is -1.33. The number of carbonyl (C=O) groups excluding carboxylic acids is 1. The molecular weight excluding hydrogens is 242 g/mol. The first kappa shape index (κ1) is 14.0. The molecule has 18 heavy (non-hydrogen) atoms. The average Bonchev–Trinajstić information content (AvgIpc) is 2.70. The number of carboxylic acid groups (broad SMARTS) is 2. The van der Waals surface area contributed by atoms with E-state index < -0.39 is 30.2 Å². The van der Waals surface area contributed by atoms with Crippen LogP contribution in [0.25, 0.3) is 0 Å². The second kappa shape index (κ2) is 6.04. The van der Waals surface area contributed by atoms with Crippen molar-refractivity contribution in [1.29, 1.82) is 0 Å². The third-order valence-corrected chi connectivity index (χ3v) is 2.64. The molecule has 0 radical (unpaired) electrons. The Bertz CT molecular complexity index is 345. The SMILES string of the molecule is C=CCCC(=O)OC1CC(C(=O)O)N(C(=O)O)C1. The molecule has 0 aromatic carbocycles. The van der Waals surface area contributed by atoms with E-state index >= 15 is 0 Å². The van der Waals surface area contributed by atoms with Gasteiger partial charge in [0, 0.05) is 12.8 Å². The Morgan fingerprint density at radius 2 is 2.06 bits per heavy atom. The molecule has 0 aromatic heterocycles. The van der Waals surface area contributed by atoms with Gasteiger partial charge in [-0.3, -0.25) is 9.69 Å². The number of esters is 1. The van der Waals surface area contributed by atoms with Gasteiger partial charge in [-0.2, -0.15) is 0 Å². The second-order valence-corrected chi connectivity index (χ2v) is 3.96. The van der Waals surface area contributed by atoms with Crippen LogP contribution in [0.15, 0.2) is 12.7 Å². The standard InChI is InChI=1S/C11H15NO6/c1-2-3-4-9(13)18-7-5-8(10(14)15)12(6-7)11(16)17/h2,7-8H,1,3-6H2,(H,14,15)(H,16,17). The molecule has 1 aliphatic rings. The Hall–Kier alpha value is -2.05. The van der Waals surface area contributed by atoms with Crippen LogP contribution in [0.4, 0.5) is 4.79 Å². The number of likely N-dealkylation sites (tertiary alicyclic amines) is 1. The van der Waals surface area contributed by atoms with Gasteiger partial charge < -0.3 is 14.9 Å². The Morgan fingerprint density at radius 1 is 1.39 bits per heavy atom. The first-order valence-electron chi connectivity index (χ1n) is 5.48. The maximum Gasteiger partial charge on any atom is 0.408 e. The highest BCUT2D eigenvalue weighted by Crippen LogP contribution is 2.21. The predicted octanol–water partition coefficient (Wildman–Crippen LogP) is 0.701. The molecule has 1 fully saturated rings. The Morgan fingerprint density at radius 3 is 2.50 bits per heavy atom. The Labute approximate surface area is 104 Å². The molecule has 1 rings (SSSR count). The van der Waals surface area contributed by atoms with Crippen LogP contribution in [-0.4, -0.2) is 51.8 Å². The summed E-state index contributed by atoms with van der Waals surface area (Å²) in [5.41, 5.74) is 0. The van der Waals surface area contributed by atoms with Crippen molar-refractivity contribution in [3.05, 3.63) is 12.7 Å². The predicted molar refractivity (Wildman–Crippen MR) is 60.1 cm³/mol. The molecule has 2 atom stereocenters. The van der Waals surface area contributed by atoms with E-state index in [0.717, 1.165) is 4.90 Å². The van der Waals surface area contributed by atoms with E-state index in [9.17, 15) is 14.4 Å². The van der Waals surface area contributed by atoms with Crippen LogP contribution in [0.1, 0.15) is 19.3 Å². The van der Waals surface area contributed by atoms with Gasteiger partial charge in [0.25, 0.3) is 0 Å². The van der Waals surface area contributed by atoms with Crippen molar-refractivity contribution in [3.8, 4) is 0 Å². The third kappa shape index (κ3) is 3.47.